The molecule has 0 radical (unpaired) electrons. The smallest absolute Gasteiger partial charge is 0.410 e. The van der Waals surface area contributed by atoms with Crippen molar-refractivity contribution in [3.05, 3.63) is 112 Å². The Morgan fingerprint density at radius 1 is 1.03 bits per heavy atom. The maximum atomic E-state index is 14.1. The van der Waals surface area contributed by atoms with Crippen LogP contribution in [-0.4, -0.2) is 83.4 Å². The Labute approximate surface area is 369 Å². The van der Waals surface area contributed by atoms with E-state index in [0.29, 0.717) is 41.4 Å². The summed E-state index contributed by atoms with van der Waals surface area (Å²) in [5, 5.41) is 36.0. The second kappa shape index (κ2) is 21.0. The molecule has 3 aliphatic rings. The molecule has 3 aromatic carbocycles. The molecule has 3 aromatic rings. The number of unbranched alkanes of at least 4 members (excludes halogenated alkanes) is 2. The number of hydrogen-bond donors (Lipinski definition) is 2. The van der Waals surface area contributed by atoms with Crippen LogP contribution in [0.15, 0.2) is 101 Å². The highest BCUT2D eigenvalue weighted by atomic mass is 32.2. The van der Waals surface area contributed by atoms with Gasteiger partial charge in [-0.15, -0.1) is 18.3 Å². The first-order valence-corrected chi connectivity index (χ1v) is 22.7. The van der Waals surface area contributed by atoms with Crippen molar-refractivity contribution in [3.8, 4) is 17.2 Å². The summed E-state index contributed by atoms with van der Waals surface area (Å²) in [4.78, 5) is 33.8. The van der Waals surface area contributed by atoms with E-state index < -0.39 is 28.8 Å². The summed E-state index contributed by atoms with van der Waals surface area (Å²) in [6.45, 7) is 10.5. The van der Waals surface area contributed by atoms with Gasteiger partial charge < -0.3 is 38.9 Å². The quantitative estimate of drug-likeness (QED) is 0.0365. The van der Waals surface area contributed by atoms with Crippen LogP contribution >= 0.6 is 11.8 Å². The van der Waals surface area contributed by atoms with E-state index in [2.05, 4.69) is 18.7 Å². The fraction of sp³-hybridized carbons (Fsp3) is 0.500. The van der Waals surface area contributed by atoms with E-state index in [1.54, 1.807) is 41.9 Å². The molecule has 6 unspecified atom stereocenters. The minimum atomic E-state index is -1.44. The number of oxime groups is 1. The van der Waals surface area contributed by atoms with Crippen LogP contribution in [0.25, 0.3) is 0 Å². The Morgan fingerprint density at radius 3 is 2.37 bits per heavy atom. The van der Waals surface area contributed by atoms with Crippen molar-refractivity contribution in [1.29, 1.82) is 0 Å². The number of nitrogens with zero attached hydrogens (tertiary/aromatic N) is 3. The Hall–Kier alpha value is -4.89. The third kappa shape index (κ3) is 10.8. The zero-order chi connectivity index (χ0) is 44.4. The molecule has 0 aromatic heterocycles. The lowest BCUT2D eigenvalue weighted by atomic mass is 9.55. The van der Waals surface area contributed by atoms with Gasteiger partial charge in [0.2, 0.25) is 5.79 Å². The second-order valence-electron chi connectivity index (χ2n) is 17.5. The number of thioether (sulfide) groups is 1. The second-order valence-corrected chi connectivity index (χ2v) is 18.4. The first-order valence-electron chi connectivity index (χ1n) is 21.5. The lowest BCUT2D eigenvalue weighted by Crippen LogP contribution is -2.69. The molecule has 2 aliphatic carbocycles. The number of carbonyl (C=O) groups excluding carboxylic acids is 1. The molecule has 2 N–H and O–H groups in total. The summed E-state index contributed by atoms with van der Waals surface area (Å²) < 4.78 is 26.6. The Morgan fingerprint density at radius 2 is 1.73 bits per heavy atom. The number of benzene rings is 3. The van der Waals surface area contributed by atoms with Crippen LogP contribution in [0.2, 0.25) is 0 Å². The van der Waals surface area contributed by atoms with Gasteiger partial charge in [0.15, 0.2) is 0 Å². The fourth-order valence-electron chi connectivity index (χ4n) is 8.98. The van der Waals surface area contributed by atoms with Crippen LogP contribution in [0.3, 0.4) is 0 Å². The largest absolute Gasteiger partial charge is 0.459 e. The standard InChI is InChI=1S/C48H61N3O10S/c1-7-26-58-48-43(50(5)46(54)57-31-47(2,3)4)29-41(49-59-30-32-14-16-34(17-15-32)51(55)56)39-27-33(12-8-10-24-52)38(13-9-11-25-53)44(45(39)48)40-28-36(20-23-42(40)61-48)60-35-18-21-37(62-6)22-19-35/h7,14-23,27-28,33,38,43-45,52-53H,1,8-13,24-26,29-31H2,2-6H3. The van der Waals surface area contributed by atoms with E-state index >= 15 is 0 Å². The lowest BCUT2D eigenvalue weighted by molar-refractivity contribution is -0.384. The Bertz CT molecular complexity index is 2070. The number of likely N-dealkylation sites (N-methyl/N-ethyl adjacent to an activating group) is 1. The molecule has 0 bridgehead atoms. The molecular weight excluding hydrogens is 811 g/mol. The predicted octanol–water partition coefficient (Wildman–Crippen LogP) is 10.1. The van der Waals surface area contributed by atoms with Crippen molar-refractivity contribution >= 4 is 29.3 Å². The molecule has 1 fully saturated rings. The van der Waals surface area contributed by atoms with Crippen LogP contribution in [0.1, 0.15) is 82.8 Å². The van der Waals surface area contributed by atoms with E-state index in [9.17, 15) is 25.1 Å². The summed E-state index contributed by atoms with van der Waals surface area (Å²) >= 11 is 1.66. The van der Waals surface area contributed by atoms with Gasteiger partial charge in [0.25, 0.3) is 5.69 Å². The highest BCUT2D eigenvalue weighted by Gasteiger charge is 2.65. The average Bonchev–Trinajstić information content (AvgIpc) is 3.26. The van der Waals surface area contributed by atoms with Gasteiger partial charge in [-0.05, 0) is 115 Å². The van der Waals surface area contributed by atoms with E-state index in [-0.39, 0.29) is 68.3 Å². The SMILES string of the molecule is C=CCOC12Oc3ccc(Oc4ccc(SC)cc4)cc3C3C(CCCCO)C(CCCCO)C=C(C(=NOCc4ccc([N+](=O)[O-])cc4)CC1N(C)C(=O)OCC(C)(C)C)C32. The number of non-ortho nitro benzene ring substituents is 1. The van der Waals surface area contributed by atoms with Gasteiger partial charge in [-0.25, -0.2) is 4.79 Å². The normalized spacial score (nSPS) is 23.3. The minimum absolute atomic E-state index is 0.0220. The molecule has 6 rings (SSSR count). The number of aliphatic hydroxyl groups is 2. The van der Waals surface area contributed by atoms with E-state index in [1.807, 2.05) is 63.4 Å². The molecule has 1 amide bonds. The number of aliphatic hydroxyl groups excluding tert-OH is 2. The number of rotatable bonds is 20. The van der Waals surface area contributed by atoms with Crippen molar-refractivity contribution in [2.45, 2.75) is 95.0 Å². The monoisotopic (exact) mass is 871 g/mol. The van der Waals surface area contributed by atoms with E-state index in [0.717, 1.165) is 41.7 Å². The topological polar surface area (TPSA) is 162 Å². The molecule has 0 spiro atoms. The number of fused-ring (bicyclic) bond motifs is 2. The first kappa shape index (κ1) is 46.6. The zero-order valence-corrected chi connectivity index (χ0v) is 37.3. The van der Waals surface area contributed by atoms with Crippen LogP contribution in [0.4, 0.5) is 10.5 Å². The van der Waals surface area contributed by atoms with Gasteiger partial charge >= 0.3 is 6.09 Å². The van der Waals surface area contributed by atoms with E-state index in [4.69, 9.17) is 28.9 Å². The summed E-state index contributed by atoms with van der Waals surface area (Å²) in [5.41, 5.74) is 2.83. The molecule has 62 heavy (non-hydrogen) atoms. The third-order valence-electron chi connectivity index (χ3n) is 11.9. The zero-order valence-electron chi connectivity index (χ0n) is 36.5. The minimum Gasteiger partial charge on any atom is -0.459 e. The van der Waals surface area contributed by atoms with Crippen LogP contribution in [-0.2, 0) is 20.9 Å². The van der Waals surface area contributed by atoms with Crippen LogP contribution in [0.5, 0.6) is 17.2 Å². The average molecular weight is 872 g/mol. The number of hydrogen-bond acceptors (Lipinski definition) is 12. The predicted molar refractivity (Wildman–Crippen MR) is 240 cm³/mol. The van der Waals surface area contributed by atoms with Crippen molar-refractivity contribution in [1.82, 2.24) is 4.90 Å². The molecule has 1 saturated carbocycles. The van der Waals surface area contributed by atoms with Crippen LogP contribution in [0, 0.1) is 33.3 Å². The van der Waals surface area contributed by atoms with Gasteiger partial charge in [0, 0.05) is 55.2 Å². The van der Waals surface area contributed by atoms with Crippen molar-refractivity contribution in [3.63, 3.8) is 0 Å². The Balaban J connectivity index is 1.53. The molecule has 13 nitrogen and oxygen atoms in total. The van der Waals surface area contributed by atoms with Crippen LogP contribution < -0.4 is 9.47 Å². The summed E-state index contributed by atoms with van der Waals surface area (Å²) in [5.74, 6) is -0.191. The molecule has 1 aliphatic heterocycles. The third-order valence-corrected chi connectivity index (χ3v) is 12.6. The van der Waals surface area contributed by atoms with Crippen molar-refractivity contribution < 1.29 is 43.7 Å². The highest BCUT2D eigenvalue weighted by Crippen LogP contribution is 2.62. The maximum Gasteiger partial charge on any atom is 0.410 e. The van der Waals surface area contributed by atoms with E-state index in [1.165, 1.54) is 12.1 Å². The maximum absolute atomic E-state index is 14.1. The number of allylic oxidation sites excluding steroid dienone is 1. The van der Waals surface area contributed by atoms with Crippen molar-refractivity contribution in [2.75, 3.05) is 39.7 Å². The number of carbonyl (C=O) groups is 1. The molecule has 334 valence electrons. The number of ether oxygens (including phenoxy) is 4. The first-order chi connectivity index (χ1) is 29.8. The Kier molecular flexibility index (Phi) is 15.8. The number of nitro groups is 1. The molecule has 14 heteroatoms. The van der Waals surface area contributed by atoms with Crippen molar-refractivity contribution in [2.24, 2.45) is 28.3 Å². The number of nitro benzene ring substituents is 1. The highest BCUT2D eigenvalue weighted by molar-refractivity contribution is 7.98. The summed E-state index contributed by atoms with van der Waals surface area (Å²) in [6.07, 6.45) is 10.1. The molecule has 1 heterocycles. The molecular formula is C48H61N3O10S. The molecule has 6 atom stereocenters. The van der Waals surface area contributed by atoms with Gasteiger partial charge in [-0.2, -0.15) is 0 Å². The van der Waals surface area contributed by atoms with Gasteiger partial charge in [0.05, 0.1) is 29.8 Å². The fourth-order valence-corrected chi connectivity index (χ4v) is 9.39. The van der Waals surface area contributed by atoms with Gasteiger partial charge in [-0.1, -0.05) is 50.9 Å². The van der Waals surface area contributed by atoms with Gasteiger partial charge in [0.1, 0.15) is 29.9 Å². The lowest BCUT2D eigenvalue weighted by Gasteiger charge is -2.59. The van der Waals surface area contributed by atoms with Gasteiger partial charge in [-0.3, -0.25) is 10.1 Å². The molecule has 0 saturated heterocycles. The summed E-state index contributed by atoms with van der Waals surface area (Å²) in [7, 11) is 1.70. The number of amides is 1. The summed E-state index contributed by atoms with van der Waals surface area (Å²) in [6, 6.07) is 19.2.